The normalized spacial score (nSPS) is 10.1. The number of hydrogen-bond acceptors (Lipinski definition) is 5. The van der Waals surface area contributed by atoms with E-state index in [-0.39, 0.29) is 6.54 Å². The van der Waals surface area contributed by atoms with E-state index in [0.717, 1.165) is 16.9 Å². The van der Waals surface area contributed by atoms with Gasteiger partial charge in [0.2, 0.25) is 5.91 Å². The topological polar surface area (TPSA) is 94.6 Å². The summed E-state index contributed by atoms with van der Waals surface area (Å²) in [5.74, 6) is -0.453. The number of aromatic nitrogens is 1. The number of hydrogen-bond donors (Lipinski definition) is 3. The van der Waals surface area contributed by atoms with E-state index in [2.05, 4.69) is 10.3 Å². The molecule has 116 valence electrons. The van der Waals surface area contributed by atoms with Crippen molar-refractivity contribution in [2.45, 2.75) is 0 Å². The fourth-order valence-electron chi connectivity index (χ4n) is 1.73. The number of nitrogens with zero attached hydrogens (tertiary/aromatic N) is 2. The number of rotatable bonds is 5. The molecule has 8 heteroatoms. The van der Waals surface area contributed by atoms with Crippen LogP contribution < -0.4 is 15.5 Å². The van der Waals surface area contributed by atoms with Gasteiger partial charge in [-0.05, 0) is 12.1 Å². The Labute approximate surface area is 131 Å². The van der Waals surface area contributed by atoms with Crippen molar-refractivity contribution in [1.29, 1.82) is 0 Å². The van der Waals surface area contributed by atoms with Crippen LogP contribution in [0.2, 0.25) is 0 Å². The smallest absolute Gasteiger partial charge is 0.405 e. The molecule has 0 saturated heterocycles. The third-order valence-electron chi connectivity index (χ3n) is 2.81. The summed E-state index contributed by atoms with van der Waals surface area (Å²) in [5, 5.41) is 15.3. The van der Waals surface area contributed by atoms with Crippen molar-refractivity contribution in [1.82, 2.24) is 10.3 Å². The highest BCUT2D eigenvalue weighted by Gasteiger charge is 2.09. The molecule has 2 rings (SSSR count). The predicted octanol–water partition coefficient (Wildman–Crippen LogP) is 2.08. The predicted molar refractivity (Wildman–Crippen MR) is 86.5 cm³/mol. The molecule has 1 aromatic carbocycles. The van der Waals surface area contributed by atoms with Crippen molar-refractivity contribution < 1.29 is 14.7 Å². The molecule has 0 unspecified atom stereocenters. The van der Waals surface area contributed by atoms with Gasteiger partial charge in [-0.1, -0.05) is 12.1 Å². The van der Waals surface area contributed by atoms with Gasteiger partial charge < -0.3 is 20.6 Å². The second-order valence-electron chi connectivity index (χ2n) is 4.69. The van der Waals surface area contributed by atoms with Gasteiger partial charge in [0.25, 0.3) is 0 Å². The van der Waals surface area contributed by atoms with Crippen molar-refractivity contribution in [3.63, 3.8) is 0 Å². The van der Waals surface area contributed by atoms with Gasteiger partial charge in [0.15, 0.2) is 5.13 Å². The third-order valence-corrected chi connectivity index (χ3v) is 3.57. The summed E-state index contributed by atoms with van der Waals surface area (Å²) < 4.78 is 0. The lowest BCUT2D eigenvalue weighted by atomic mass is 10.1. The summed E-state index contributed by atoms with van der Waals surface area (Å²) >= 11 is 1.29. The minimum Gasteiger partial charge on any atom is -0.465 e. The molecule has 0 aliphatic heterocycles. The van der Waals surface area contributed by atoms with E-state index >= 15 is 0 Å². The van der Waals surface area contributed by atoms with Crippen LogP contribution in [0.3, 0.4) is 0 Å². The van der Waals surface area contributed by atoms with Crippen molar-refractivity contribution in [2.24, 2.45) is 0 Å². The van der Waals surface area contributed by atoms with Gasteiger partial charge in [0.05, 0.1) is 5.69 Å². The highest BCUT2D eigenvalue weighted by molar-refractivity contribution is 7.14. The fourth-order valence-corrected chi connectivity index (χ4v) is 2.46. The average molecular weight is 320 g/mol. The number of amides is 2. The van der Waals surface area contributed by atoms with Gasteiger partial charge in [-0.15, -0.1) is 11.3 Å². The number of benzene rings is 1. The molecule has 0 bridgehead atoms. The molecule has 0 spiro atoms. The van der Waals surface area contributed by atoms with Crippen LogP contribution in [0.5, 0.6) is 0 Å². The number of nitrogens with one attached hydrogen (secondary N) is 2. The number of anilines is 2. The summed E-state index contributed by atoms with van der Waals surface area (Å²) in [6.45, 7) is -0.305. The SMILES string of the molecule is CN(C)c1cccc(-c2csc(NC(=O)CNC(=O)O)n2)c1. The number of carbonyl (C=O) groups excluding carboxylic acids is 1. The van der Waals surface area contributed by atoms with E-state index in [1.54, 1.807) is 0 Å². The molecule has 1 aromatic heterocycles. The second-order valence-corrected chi connectivity index (χ2v) is 5.55. The van der Waals surface area contributed by atoms with Crippen LogP contribution in [0.4, 0.5) is 15.6 Å². The molecule has 0 radical (unpaired) electrons. The standard InChI is InChI=1S/C14H16N4O3S/c1-18(2)10-5-3-4-9(6-10)11-8-22-13(16-11)17-12(19)7-15-14(20)21/h3-6,8,15H,7H2,1-2H3,(H,20,21)(H,16,17,19). The zero-order valence-electron chi connectivity index (χ0n) is 12.2. The van der Waals surface area contributed by atoms with Gasteiger partial charge in [-0.25, -0.2) is 9.78 Å². The van der Waals surface area contributed by atoms with Crippen molar-refractivity contribution in [3.05, 3.63) is 29.6 Å². The maximum Gasteiger partial charge on any atom is 0.405 e. The van der Waals surface area contributed by atoms with Gasteiger partial charge in [0, 0.05) is 30.7 Å². The lowest BCUT2D eigenvalue weighted by Gasteiger charge is -2.12. The van der Waals surface area contributed by atoms with E-state index < -0.39 is 12.0 Å². The van der Waals surface area contributed by atoms with Crippen LogP contribution in [0.15, 0.2) is 29.6 Å². The van der Waals surface area contributed by atoms with Crippen LogP contribution in [0, 0.1) is 0 Å². The van der Waals surface area contributed by atoms with Crippen molar-refractivity contribution >= 4 is 34.2 Å². The minimum atomic E-state index is -1.24. The van der Waals surface area contributed by atoms with Crippen LogP contribution in [0.1, 0.15) is 0 Å². The third kappa shape index (κ3) is 4.19. The Kier molecular flexibility index (Phi) is 4.95. The zero-order chi connectivity index (χ0) is 16.1. The molecule has 0 atom stereocenters. The zero-order valence-corrected chi connectivity index (χ0v) is 13.0. The lowest BCUT2D eigenvalue weighted by Crippen LogP contribution is -2.31. The fraction of sp³-hybridized carbons (Fsp3) is 0.214. The van der Waals surface area contributed by atoms with E-state index in [4.69, 9.17) is 5.11 Å². The molecule has 7 nitrogen and oxygen atoms in total. The highest BCUT2D eigenvalue weighted by atomic mass is 32.1. The van der Waals surface area contributed by atoms with Gasteiger partial charge in [-0.3, -0.25) is 4.79 Å². The van der Waals surface area contributed by atoms with E-state index in [1.165, 1.54) is 11.3 Å². The molecular weight excluding hydrogens is 304 g/mol. The van der Waals surface area contributed by atoms with Gasteiger partial charge in [-0.2, -0.15) is 0 Å². The Bertz CT molecular complexity index is 684. The molecule has 2 amide bonds. The molecule has 0 fully saturated rings. The lowest BCUT2D eigenvalue weighted by molar-refractivity contribution is -0.115. The van der Waals surface area contributed by atoms with Crippen molar-refractivity contribution in [3.8, 4) is 11.3 Å². The molecule has 1 heterocycles. The number of thiazole rings is 1. The Morgan fingerprint density at radius 1 is 1.36 bits per heavy atom. The summed E-state index contributed by atoms with van der Waals surface area (Å²) in [7, 11) is 3.92. The van der Waals surface area contributed by atoms with Crippen LogP contribution in [-0.4, -0.2) is 42.7 Å². The summed E-state index contributed by atoms with van der Waals surface area (Å²) in [6, 6.07) is 7.89. The Hall–Kier alpha value is -2.61. The maximum absolute atomic E-state index is 11.5. The second kappa shape index (κ2) is 6.90. The molecule has 3 N–H and O–H groups in total. The largest absolute Gasteiger partial charge is 0.465 e. The highest BCUT2D eigenvalue weighted by Crippen LogP contribution is 2.27. The molecule has 0 aliphatic rings. The first-order valence-electron chi connectivity index (χ1n) is 6.45. The molecular formula is C14H16N4O3S. The van der Waals surface area contributed by atoms with Gasteiger partial charge >= 0.3 is 6.09 Å². The average Bonchev–Trinajstić information content (AvgIpc) is 2.93. The first-order valence-corrected chi connectivity index (χ1v) is 7.33. The Morgan fingerprint density at radius 3 is 2.82 bits per heavy atom. The van der Waals surface area contributed by atoms with Crippen molar-refractivity contribution in [2.75, 3.05) is 30.9 Å². The first-order chi connectivity index (χ1) is 10.5. The minimum absolute atomic E-state index is 0.305. The van der Waals surface area contributed by atoms with Gasteiger partial charge in [0.1, 0.15) is 6.54 Å². The van der Waals surface area contributed by atoms with Crippen LogP contribution in [-0.2, 0) is 4.79 Å². The monoisotopic (exact) mass is 320 g/mol. The molecule has 2 aromatic rings. The van der Waals surface area contributed by atoms with Crippen LogP contribution >= 0.6 is 11.3 Å². The number of carboxylic acid groups (broad SMARTS) is 1. The van der Waals surface area contributed by atoms with Crippen LogP contribution in [0.25, 0.3) is 11.3 Å². The Morgan fingerprint density at radius 2 is 2.14 bits per heavy atom. The number of carbonyl (C=O) groups is 2. The van der Waals surface area contributed by atoms with E-state index in [1.807, 2.05) is 54.0 Å². The Balaban J connectivity index is 2.06. The molecule has 0 aliphatic carbocycles. The van der Waals surface area contributed by atoms with E-state index in [9.17, 15) is 9.59 Å². The molecule has 22 heavy (non-hydrogen) atoms. The summed E-state index contributed by atoms with van der Waals surface area (Å²) in [4.78, 5) is 28.2. The van der Waals surface area contributed by atoms with E-state index in [0.29, 0.717) is 5.13 Å². The summed E-state index contributed by atoms with van der Waals surface area (Å²) in [5.41, 5.74) is 2.77. The first kappa shape index (κ1) is 15.8. The quantitative estimate of drug-likeness (QED) is 0.784. The maximum atomic E-state index is 11.5. The summed E-state index contributed by atoms with van der Waals surface area (Å²) in [6.07, 6.45) is -1.24. The molecule has 0 saturated carbocycles.